The highest BCUT2D eigenvalue weighted by Gasteiger charge is 2.37. The van der Waals surface area contributed by atoms with E-state index in [1.54, 1.807) is 24.8 Å². The summed E-state index contributed by atoms with van der Waals surface area (Å²) in [6, 6.07) is 21.4. The van der Waals surface area contributed by atoms with Crippen molar-refractivity contribution in [2.75, 3.05) is 44.2 Å². The second kappa shape index (κ2) is 13.9. The number of para-hydroxylation sites is 1. The van der Waals surface area contributed by atoms with Crippen LogP contribution in [0.4, 0.5) is 5.82 Å². The number of aryl methyl sites for hydroxylation is 1. The summed E-state index contributed by atoms with van der Waals surface area (Å²) in [5.41, 5.74) is 3.00. The zero-order valence-corrected chi connectivity index (χ0v) is 25.8. The van der Waals surface area contributed by atoms with Crippen LogP contribution in [0.3, 0.4) is 0 Å². The normalized spacial score (nSPS) is 17.4. The lowest BCUT2D eigenvalue weighted by molar-refractivity contribution is 0.0360. The summed E-state index contributed by atoms with van der Waals surface area (Å²) >= 11 is 0. The standard InChI is InChI=1S/C36H40N6O3/c1-28-12-16-38-31(24-28)35(44)41-20-14-36(15-21-41)13-7-19-40(33-25-37-17-18-39-33)22-23-42(26-29-8-3-2-4-9-29)34(43)30-10-5-6-11-32(30)45-27-36/h2-6,8-12,16-18,24-25H,7,13-15,19-23,26-27H2,1H3. The number of carbonyl (C=O) groups excluding carboxylic acids is 2. The first kappa shape index (κ1) is 30.2. The maximum absolute atomic E-state index is 14.2. The lowest BCUT2D eigenvalue weighted by Gasteiger charge is -2.42. The first-order chi connectivity index (χ1) is 22.0. The molecule has 2 amide bonds. The molecular formula is C36H40N6O3. The van der Waals surface area contributed by atoms with Crippen molar-refractivity contribution >= 4 is 17.6 Å². The fourth-order valence-electron chi connectivity index (χ4n) is 6.37. The predicted molar refractivity (Wildman–Crippen MR) is 173 cm³/mol. The zero-order chi connectivity index (χ0) is 31.1. The summed E-state index contributed by atoms with van der Waals surface area (Å²) in [6.45, 7) is 6.14. The van der Waals surface area contributed by atoms with Crippen LogP contribution < -0.4 is 9.64 Å². The number of anilines is 1. The highest BCUT2D eigenvalue weighted by molar-refractivity contribution is 5.97. The number of piperidine rings is 1. The van der Waals surface area contributed by atoms with Crippen LogP contribution in [0, 0.1) is 12.3 Å². The molecule has 0 N–H and O–H groups in total. The number of hydrogen-bond acceptors (Lipinski definition) is 7. The van der Waals surface area contributed by atoms with Crippen LogP contribution in [0.2, 0.25) is 0 Å². The molecule has 0 aliphatic carbocycles. The fourth-order valence-corrected chi connectivity index (χ4v) is 6.37. The molecule has 2 aliphatic heterocycles. The number of carbonyl (C=O) groups is 2. The topological polar surface area (TPSA) is 91.8 Å². The van der Waals surface area contributed by atoms with E-state index in [4.69, 9.17) is 4.74 Å². The molecule has 9 nitrogen and oxygen atoms in total. The number of hydrogen-bond donors (Lipinski definition) is 0. The molecule has 0 saturated carbocycles. The van der Waals surface area contributed by atoms with Crippen LogP contribution in [0.5, 0.6) is 5.75 Å². The van der Waals surface area contributed by atoms with E-state index in [0.717, 1.165) is 49.2 Å². The summed E-state index contributed by atoms with van der Waals surface area (Å²) in [6.07, 6.45) is 10.3. The van der Waals surface area contributed by atoms with E-state index in [2.05, 4.69) is 19.9 Å². The average molecular weight is 605 g/mol. The van der Waals surface area contributed by atoms with Crippen LogP contribution in [0.15, 0.2) is 91.5 Å². The van der Waals surface area contributed by atoms with Gasteiger partial charge in [0.05, 0.1) is 18.4 Å². The molecule has 9 heteroatoms. The minimum atomic E-state index is -0.140. The van der Waals surface area contributed by atoms with Gasteiger partial charge in [0, 0.05) is 63.3 Å². The minimum Gasteiger partial charge on any atom is -0.492 e. The van der Waals surface area contributed by atoms with Crippen molar-refractivity contribution in [2.45, 2.75) is 39.2 Å². The van der Waals surface area contributed by atoms with Crippen LogP contribution in [0.1, 0.15) is 57.7 Å². The molecule has 45 heavy (non-hydrogen) atoms. The molecule has 4 heterocycles. The Bertz CT molecular complexity index is 1590. The van der Waals surface area contributed by atoms with Gasteiger partial charge in [-0.15, -0.1) is 0 Å². The maximum Gasteiger partial charge on any atom is 0.272 e. The van der Waals surface area contributed by atoms with Gasteiger partial charge in [-0.3, -0.25) is 19.6 Å². The van der Waals surface area contributed by atoms with Crippen molar-refractivity contribution in [1.82, 2.24) is 24.8 Å². The molecule has 6 rings (SSSR count). The van der Waals surface area contributed by atoms with Crippen molar-refractivity contribution < 1.29 is 14.3 Å². The third-order valence-electron chi connectivity index (χ3n) is 9.05. The molecule has 232 valence electrons. The number of amides is 2. The summed E-state index contributed by atoms with van der Waals surface area (Å²) in [7, 11) is 0. The molecule has 1 saturated heterocycles. The number of likely N-dealkylation sites (tertiary alicyclic amines) is 1. The molecule has 0 unspecified atom stereocenters. The van der Waals surface area contributed by atoms with Gasteiger partial charge in [0.15, 0.2) is 0 Å². The average Bonchev–Trinajstić information content (AvgIpc) is 3.09. The number of rotatable bonds is 4. The summed E-state index contributed by atoms with van der Waals surface area (Å²) in [4.78, 5) is 46.8. The van der Waals surface area contributed by atoms with Gasteiger partial charge in [0.25, 0.3) is 11.8 Å². The first-order valence-electron chi connectivity index (χ1n) is 15.8. The molecule has 0 atom stereocenters. The van der Waals surface area contributed by atoms with Gasteiger partial charge >= 0.3 is 0 Å². The monoisotopic (exact) mass is 604 g/mol. The zero-order valence-electron chi connectivity index (χ0n) is 25.8. The highest BCUT2D eigenvalue weighted by Crippen LogP contribution is 2.38. The highest BCUT2D eigenvalue weighted by atomic mass is 16.5. The van der Waals surface area contributed by atoms with Crippen LogP contribution in [-0.2, 0) is 6.54 Å². The third-order valence-corrected chi connectivity index (χ3v) is 9.05. The van der Waals surface area contributed by atoms with Crippen molar-refractivity contribution in [1.29, 1.82) is 0 Å². The number of aromatic nitrogens is 3. The van der Waals surface area contributed by atoms with Gasteiger partial charge in [-0.2, -0.15) is 0 Å². The lowest BCUT2D eigenvalue weighted by atomic mass is 9.75. The fraction of sp³-hybridized carbons (Fsp3) is 0.361. The van der Waals surface area contributed by atoms with Gasteiger partial charge in [0.2, 0.25) is 0 Å². The van der Waals surface area contributed by atoms with Gasteiger partial charge in [-0.05, 0) is 68.0 Å². The lowest BCUT2D eigenvalue weighted by Crippen LogP contribution is -2.46. The molecule has 1 spiro atoms. The summed E-state index contributed by atoms with van der Waals surface area (Å²) in [5.74, 6) is 1.32. The third kappa shape index (κ3) is 7.30. The Labute approximate surface area is 264 Å². The molecule has 1 fully saturated rings. The molecule has 2 aromatic carbocycles. The SMILES string of the molecule is Cc1ccnc(C(=O)N2CCC3(CCCN(c4cnccn4)CCN(Cc4ccccc4)C(=O)c4ccccc4OC3)CC2)c1. The van der Waals surface area contributed by atoms with E-state index in [0.29, 0.717) is 56.3 Å². The number of nitrogens with zero attached hydrogens (tertiary/aromatic N) is 6. The van der Waals surface area contributed by atoms with Crippen LogP contribution in [-0.4, -0.2) is 75.9 Å². The first-order valence-corrected chi connectivity index (χ1v) is 15.8. The van der Waals surface area contributed by atoms with Crippen molar-refractivity contribution in [2.24, 2.45) is 5.41 Å². The van der Waals surface area contributed by atoms with Crippen LogP contribution in [0.25, 0.3) is 0 Å². The molecule has 2 aromatic heterocycles. The molecule has 0 bridgehead atoms. The van der Waals surface area contributed by atoms with E-state index in [1.165, 1.54) is 0 Å². The number of fused-ring (bicyclic) bond motifs is 1. The largest absolute Gasteiger partial charge is 0.492 e. The number of pyridine rings is 1. The molecular weight excluding hydrogens is 564 g/mol. The van der Waals surface area contributed by atoms with Crippen molar-refractivity contribution in [3.63, 3.8) is 0 Å². The predicted octanol–water partition coefficient (Wildman–Crippen LogP) is 5.42. The van der Waals surface area contributed by atoms with E-state index in [9.17, 15) is 9.59 Å². The summed E-state index contributed by atoms with van der Waals surface area (Å²) < 4.78 is 6.57. The van der Waals surface area contributed by atoms with Gasteiger partial charge < -0.3 is 19.4 Å². The Morgan fingerprint density at radius 3 is 2.44 bits per heavy atom. The quantitative estimate of drug-likeness (QED) is 0.307. The number of ether oxygens (including phenoxy) is 1. The second-order valence-corrected chi connectivity index (χ2v) is 12.2. The number of benzene rings is 2. The van der Waals surface area contributed by atoms with Crippen molar-refractivity contribution in [3.05, 3.63) is 114 Å². The maximum atomic E-state index is 14.2. The van der Waals surface area contributed by atoms with Crippen LogP contribution >= 0.6 is 0 Å². The van der Waals surface area contributed by atoms with E-state index in [-0.39, 0.29) is 17.2 Å². The minimum absolute atomic E-state index is 0.0256. The second-order valence-electron chi connectivity index (χ2n) is 12.2. The van der Waals surface area contributed by atoms with Gasteiger partial charge in [-0.1, -0.05) is 42.5 Å². The molecule has 2 aliphatic rings. The van der Waals surface area contributed by atoms with E-state index in [1.807, 2.05) is 83.5 Å². The van der Waals surface area contributed by atoms with Gasteiger partial charge in [0.1, 0.15) is 17.3 Å². The van der Waals surface area contributed by atoms with E-state index >= 15 is 0 Å². The summed E-state index contributed by atoms with van der Waals surface area (Å²) in [5, 5.41) is 0. The smallest absolute Gasteiger partial charge is 0.272 e. The van der Waals surface area contributed by atoms with E-state index < -0.39 is 0 Å². The Morgan fingerprint density at radius 2 is 1.67 bits per heavy atom. The Kier molecular flexibility index (Phi) is 9.33. The Morgan fingerprint density at radius 1 is 0.867 bits per heavy atom. The van der Waals surface area contributed by atoms with Crippen molar-refractivity contribution in [3.8, 4) is 5.75 Å². The Hall–Kier alpha value is -4.79. The van der Waals surface area contributed by atoms with Gasteiger partial charge in [-0.25, -0.2) is 4.98 Å². The Balaban J connectivity index is 1.27. The molecule has 0 radical (unpaired) electrons. The molecule has 4 aromatic rings.